The molecular formula is C10H12INO3S. The number of rotatable bonds is 4. The van der Waals surface area contributed by atoms with Gasteiger partial charge in [-0.3, -0.25) is 4.79 Å². The number of carboxylic acids is 1. The van der Waals surface area contributed by atoms with Crippen LogP contribution in [0, 0.1) is 8.80 Å². The fourth-order valence-electron chi connectivity index (χ4n) is 1.17. The third-order valence-electron chi connectivity index (χ3n) is 2.05. The number of nitrogens with one attached hydrogen (secondary N) is 1. The molecule has 0 spiro atoms. The summed E-state index contributed by atoms with van der Waals surface area (Å²) in [5, 5.41) is 13.2. The fraction of sp³-hybridized carbons (Fsp3) is 0.400. The first-order chi connectivity index (χ1) is 7.41. The molecule has 1 aromatic rings. The fourth-order valence-corrected chi connectivity index (χ4v) is 2.49. The second-order valence-corrected chi connectivity index (χ2v) is 6.48. The largest absolute Gasteiger partial charge is 0.480 e. The van der Waals surface area contributed by atoms with E-state index in [0.717, 1.165) is 2.88 Å². The molecule has 0 saturated heterocycles. The van der Waals surface area contributed by atoms with Crippen LogP contribution in [-0.2, 0) is 4.79 Å². The van der Waals surface area contributed by atoms with E-state index in [1.807, 2.05) is 0 Å². The van der Waals surface area contributed by atoms with Crippen molar-refractivity contribution in [3.8, 4) is 0 Å². The first-order valence-electron chi connectivity index (χ1n) is 4.69. The van der Waals surface area contributed by atoms with E-state index in [4.69, 9.17) is 5.11 Å². The van der Waals surface area contributed by atoms with E-state index in [-0.39, 0.29) is 11.8 Å². The van der Waals surface area contributed by atoms with Gasteiger partial charge in [-0.15, -0.1) is 11.3 Å². The molecule has 0 aromatic carbocycles. The van der Waals surface area contributed by atoms with Crippen LogP contribution in [0.2, 0.25) is 0 Å². The number of hydrogen-bond acceptors (Lipinski definition) is 3. The SMILES string of the molecule is CC(C)[C@@H](NC(=O)c1csc(I)c1)C(=O)O. The highest BCUT2D eigenvalue weighted by atomic mass is 127. The average molecular weight is 353 g/mol. The number of carboxylic acid groups (broad SMARTS) is 1. The predicted molar refractivity (Wildman–Crippen MR) is 70.8 cm³/mol. The van der Waals surface area contributed by atoms with Crippen LogP contribution < -0.4 is 5.32 Å². The highest BCUT2D eigenvalue weighted by Gasteiger charge is 2.24. The van der Waals surface area contributed by atoms with Gasteiger partial charge in [0.05, 0.1) is 8.45 Å². The summed E-state index contributed by atoms with van der Waals surface area (Å²) >= 11 is 3.57. The molecule has 1 atom stereocenters. The summed E-state index contributed by atoms with van der Waals surface area (Å²) in [6.45, 7) is 3.52. The molecule has 2 N–H and O–H groups in total. The van der Waals surface area contributed by atoms with Gasteiger partial charge in [0.25, 0.3) is 5.91 Å². The van der Waals surface area contributed by atoms with Crippen LogP contribution in [-0.4, -0.2) is 23.0 Å². The standard InChI is InChI=1S/C10H12INO3S/c1-5(2)8(10(14)15)12-9(13)6-3-7(11)16-4-6/h3-5,8H,1-2H3,(H,12,13)(H,14,15)/t8-/m1/s1. The predicted octanol–water partition coefficient (Wildman–Crippen LogP) is 2.19. The average Bonchev–Trinajstić information content (AvgIpc) is 2.59. The molecule has 0 aliphatic heterocycles. The van der Waals surface area contributed by atoms with Gasteiger partial charge in [-0.2, -0.15) is 0 Å². The summed E-state index contributed by atoms with van der Waals surface area (Å²) in [5.41, 5.74) is 0.515. The van der Waals surface area contributed by atoms with Gasteiger partial charge in [0.15, 0.2) is 0 Å². The van der Waals surface area contributed by atoms with Gasteiger partial charge in [0.1, 0.15) is 6.04 Å². The molecule has 0 aliphatic rings. The molecule has 0 radical (unpaired) electrons. The Kier molecular flexibility index (Phi) is 4.72. The molecule has 0 fully saturated rings. The van der Waals surface area contributed by atoms with Gasteiger partial charge in [-0.1, -0.05) is 13.8 Å². The molecule has 88 valence electrons. The van der Waals surface area contributed by atoms with Crippen LogP contribution in [0.4, 0.5) is 0 Å². The second-order valence-electron chi connectivity index (χ2n) is 3.67. The summed E-state index contributed by atoms with van der Waals surface area (Å²) in [7, 11) is 0. The molecule has 1 amide bonds. The molecule has 0 aliphatic carbocycles. The zero-order valence-corrected chi connectivity index (χ0v) is 11.8. The van der Waals surface area contributed by atoms with Crippen LogP contribution in [0.3, 0.4) is 0 Å². The molecule has 1 rings (SSSR count). The van der Waals surface area contributed by atoms with Crippen molar-refractivity contribution in [2.45, 2.75) is 19.9 Å². The Hall–Kier alpha value is -0.630. The zero-order valence-electron chi connectivity index (χ0n) is 8.86. The Bertz CT molecular complexity index is 403. The number of carbonyl (C=O) groups excluding carboxylic acids is 1. The van der Waals surface area contributed by atoms with E-state index in [1.165, 1.54) is 11.3 Å². The van der Waals surface area contributed by atoms with E-state index in [9.17, 15) is 9.59 Å². The van der Waals surface area contributed by atoms with Crippen LogP contribution in [0.25, 0.3) is 0 Å². The number of hydrogen-bond donors (Lipinski definition) is 2. The lowest BCUT2D eigenvalue weighted by molar-refractivity contribution is -0.140. The Balaban J connectivity index is 2.73. The van der Waals surface area contributed by atoms with E-state index in [1.54, 1.807) is 25.3 Å². The van der Waals surface area contributed by atoms with Crippen molar-refractivity contribution < 1.29 is 14.7 Å². The van der Waals surface area contributed by atoms with Gasteiger partial charge in [-0.25, -0.2) is 4.79 Å². The normalized spacial score (nSPS) is 12.5. The van der Waals surface area contributed by atoms with Gasteiger partial charge in [0.2, 0.25) is 0 Å². The van der Waals surface area contributed by atoms with Crippen LogP contribution in [0.1, 0.15) is 24.2 Å². The molecule has 0 saturated carbocycles. The molecule has 0 unspecified atom stereocenters. The summed E-state index contributed by atoms with van der Waals surface area (Å²) < 4.78 is 0.999. The monoisotopic (exact) mass is 353 g/mol. The Morgan fingerprint density at radius 1 is 1.50 bits per heavy atom. The third-order valence-corrected chi connectivity index (χ3v) is 3.84. The maximum absolute atomic E-state index is 11.7. The second kappa shape index (κ2) is 5.62. The molecular weight excluding hydrogens is 341 g/mol. The molecule has 1 aromatic heterocycles. The molecule has 4 nitrogen and oxygen atoms in total. The van der Waals surface area contributed by atoms with E-state index >= 15 is 0 Å². The minimum atomic E-state index is -1.01. The molecule has 1 heterocycles. The maximum Gasteiger partial charge on any atom is 0.326 e. The van der Waals surface area contributed by atoms with Crippen molar-refractivity contribution in [3.05, 3.63) is 19.9 Å². The van der Waals surface area contributed by atoms with Gasteiger partial charge < -0.3 is 10.4 Å². The lowest BCUT2D eigenvalue weighted by atomic mass is 10.0. The van der Waals surface area contributed by atoms with Gasteiger partial charge in [-0.05, 0) is 34.6 Å². The van der Waals surface area contributed by atoms with Crippen LogP contribution >= 0.6 is 33.9 Å². The number of carbonyl (C=O) groups is 2. The van der Waals surface area contributed by atoms with E-state index in [0.29, 0.717) is 5.56 Å². The van der Waals surface area contributed by atoms with Crippen molar-refractivity contribution in [1.82, 2.24) is 5.32 Å². The van der Waals surface area contributed by atoms with Gasteiger partial charge in [0, 0.05) is 5.38 Å². The maximum atomic E-state index is 11.7. The Morgan fingerprint density at radius 3 is 2.50 bits per heavy atom. The summed E-state index contributed by atoms with van der Waals surface area (Å²) in [6.07, 6.45) is 0. The summed E-state index contributed by atoms with van der Waals surface area (Å²) in [4.78, 5) is 22.6. The highest BCUT2D eigenvalue weighted by Crippen LogP contribution is 2.16. The lowest BCUT2D eigenvalue weighted by Gasteiger charge is -2.17. The van der Waals surface area contributed by atoms with Crippen molar-refractivity contribution in [2.24, 2.45) is 5.92 Å². The Labute approximate surface area is 111 Å². The smallest absolute Gasteiger partial charge is 0.326 e. The summed E-state index contributed by atoms with van der Waals surface area (Å²) in [6, 6.07) is 0.893. The van der Waals surface area contributed by atoms with Crippen molar-refractivity contribution >= 4 is 45.8 Å². The topological polar surface area (TPSA) is 66.4 Å². The minimum Gasteiger partial charge on any atom is -0.480 e. The lowest BCUT2D eigenvalue weighted by Crippen LogP contribution is -2.44. The van der Waals surface area contributed by atoms with E-state index < -0.39 is 12.0 Å². The summed E-state index contributed by atoms with van der Waals surface area (Å²) in [5.74, 6) is -1.48. The van der Waals surface area contributed by atoms with Crippen LogP contribution in [0.5, 0.6) is 0 Å². The molecule has 0 bridgehead atoms. The third kappa shape index (κ3) is 3.44. The quantitative estimate of drug-likeness (QED) is 0.816. The first kappa shape index (κ1) is 13.4. The van der Waals surface area contributed by atoms with Crippen molar-refractivity contribution in [3.63, 3.8) is 0 Å². The number of halogens is 1. The Morgan fingerprint density at radius 2 is 2.12 bits per heavy atom. The van der Waals surface area contributed by atoms with Crippen molar-refractivity contribution in [2.75, 3.05) is 0 Å². The van der Waals surface area contributed by atoms with E-state index in [2.05, 4.69) is 27.9 Å². The zero-order chi connectivity index (χ0) is 12.3. The minimum absolute atomic E-state index is 0.140. The molecule has 6 heteroatoms. The van der Waals surface area contributed by atoms with Crippen molar-refractivity contribution in [1.29, 1.82) is 0 Å². The number of amides is 1. The highest BCUT2D eigenvalue weighted by molar-refractivity contribution is 14.1. The van der Waals surface area contributed by atoms with Crippen LogP contribution in [0.15, 0.2) is 11.4 Å². The van der Waals surface area contributed by atoms with Gasteiger partial charge >= 0.3 is 5.97 Å². The molecule has 16 heavy (non-hydrogen) atoms. The first-order valence-corrected chi connectivity index (χ1v) is 6.65. The number of aliphatic carboxylic acids is 1. The number of thiophene rings is 1.